The molecule has 0 unspecified atom stereocenters. The third kappa shape index (κ3) is 4.79. The van der Waals surface area contributed by atoms with E-state index in [1.807, 2.05) is 13.8 Å². The Morgan fingerprint density at radius 3 is 2.65 bits per heavy atom. The Labute approximate surface area is 124 Å². The number of nitrogens with zero attached hydrogens (tertiary/aromatic N) is 1. The van der Waals surface area contributed by atoms with Crippen LogP contribution in [0.1, 0.15) is 29.8 Å². The smallest absolute Gasteiger partial charge is 0.285 e. The van der Waals surface area contributed by atoms with Crippen LogP contribution in [-0.2, 0) is 0 Å². The van der Waals surface area contributed by atoms with Crippen LogP contribution in [0.25, 0.3) is 0 Å². The standard InChI is InChI=1S/C13H19N3O3.ClH/c1-4-14-10(3)8-15-13(17)11-7-5-6-9(2)12(11)16(18)19;/h5-7,10,14H,4,8H2,1-3H3,(H,15,17);1H/t10-;/m1./s1. The maximum atomic E-state index is 12.0. The molecule has 1 atom stereocenters. The van der Waals surface area contributed by atoms with Crippen LogP contribution in [0.15, 0.2) is 18.2 Å². The van der Waals surface area contributed by atoms with Gasteiger partial charge in [-0.1, -0.05) is 19.1 Å². The first-order valence-electron chi connectivity index (χ1n) is 6.23. The SMILES string of the molecule is CCN[C@H](C)CNC(=O)c1cccc(C)c1[N+](=O)[O-].Cl. The Morgan fingerprint density at radius 1 is 1.45 bits per heavy atom. The molecule has 0 fully saturated rings. The predicted octanol–water partition coefficient (Wildman–Crippen LogP) is 2.05. The van der Waals surface area contributed by atoms with Crippen molar-refractivity contribution >= 4 is 24.0 Å². The maximum Gasteiger partial charge on any atom is 0.285 e. The minimum Gasteiger partial charge on any atom is -0.350 e. The van der Waals surface area contributed by atoms with Crippen molar-refractivity contribution in [3.05, 3.63) is 39.4 Å². The van der Waals surface area contributed by atoms with Gasteiger partial charge in [-0.3, -0.25) is 14.9 Å². The number of likely N-dealkylation sites (N-methyl/N-ethyl adjacent to an activating group) is 1. The highest BCUT2D eigenvalue weighted by atomic mass is 35.5. The highest BCUT2D eigenvalue weighted by molar-refractivity contribution is 5.98. The lowest BCUT2D eigenvalue weighted by atomic mass is 10.1. The third-order valence-corrected chi connectivity index (χ3v) is 2.79. The maximum absolute atomic E-state index is 12.0. The van der Waals surface area contributed by atoms with Crippen molar-refractivity contribution in [3.8, 4) is 0 Å². The average Bonchev–Trinajstić information content (AvgIpc) is 2.35. The minimum atomic E-state index is -0.516. The fraction of sp³-hybridized carbons (Fsp3) is 0.462. The van der Waals surface area contributed by atoms with E-state index in [2.05, 4.69) is 10.6 Å². The number of carbonyl (C=O) groups is 1. The highest BCUT2D eigenvalue weighted by Crippen LogP contribution is 2.22. The lowest BCUT2D eigenvalue weighted by Gasteiger charge is -2.13. The number of aryl methyl sites for hydroxylation is 1. The summed E-state index contributed by atoms with van der Waals surface area (Å²) in [4.78, 5) is 22.5. The van der Waals surface area contributed by atoms with E-state index in [9.17, 15) is 14.9 Å². The van der Waals surface area contributed by atoms with E-state index in [1.165, 1.54) is 6.07 Å². The van der Waals surface area contributed by atoms with Gasteiger partial charge in [0, 0.05) is 18.2 Å². The molecule has 1 aromatic rings. The molecule has 1 rings (SSSR count). The van der Waals surface area contributed by atoms with Gasteiger partial charge in [-0.2, -0.15) is 0 Å². The zero-order valence-electron chi connectivity index (χ0n) is 11.8. The van der Waals surface area contributed by atoms with E-state index in [1.54, 1.807) is 19.1 Å². The number of amides is 1. The van der Waals surface area contributed by atoms with Gasteiger partial charge in [-0.05, 0) is 26.5 Å². The monoisotopic (exact) mass is 301 g/mol. The second-order valence-corrected chi connectivity index (χ2v) is 4.40. The number of nitro benzene ring substituents is 1. The molecule has 1 aromatic carbocycles. The van der Waals surface area contributed by atoms with Gasteiger partial charge < -0.3 is 10.6 Å². The molecule has 1 amide bonds. The van der Waals surface area contributed by atoms with Crippen molar-refractivity contribution in [1.82, 2.24) is 10.6 Å². The number of nitro groups is 1. The van der Waals surface area contributed by atoms with Crippen molar-refractivity contribution in [2.45, 2.75) is 26.8 Å². The molecule has 0 spiro atoms. The van der Waals surface area contributed by atoms with E-state index in [4.69, 9.17) is 0 Å². The number of halogens is 1. The van der Waals surface area contributed by atoms with Crippen LogP contribution in [0.5, 0.6) is 0 Å². The van der Waals surface area contributed by atoms with E-state index >= 15 is 0 Å². The van der Waals surface area contributed by atoms with Crippen molar-refractivity contribution in [3.63, 3.8) is 0 Å². The summed E-state index contributed by atoms with van der Waals surface area (Å²) in [6.07, 6.45) is 0. The fourth-order valence-electron chi connectivity index (χ4n) is 1.85. The van der Waals surface area contributed by atoms with Gasteiger partial charge in [0.25, 0.3) is 11.6 Å². The van der Waals surface area contributed by atoms with Gasteiger partial charge in [0.05, 0.1) is 4.92 Å². The van der Waals surface area contributed by atoms with Gasteiger partial charge in [-0.15, -0.1) is 12.4 Å². The molecule has 0 aliphatic carbocycles. The Morgan fingerprint density at radius 2 is 2.10 bits per heavy atom. The number of rotatable bonds is 6. The molecule has 2 N–H and O–H groups in total. The molecule has 20 heavy (non-hydrogen) atoms. The van der Waals surface area contributed by atoms with E-state index in [0.717, 1.165) is 6.54 Å². The number of hydrogen-bond acceptors (Lipinski definition) is 4. The highest BCUT2D eigenvalue weighted by Gasteiger charge is 2.22. The molecule has 0 radical (unpaired) electrons. The predicted molar refractivity (Wildman–Crippen MR) is 80.6 cm³/mol. The first-order valence-corrected chi connectivity index (χ1v) is 6.23. The number of benzene rings is 1. The molecule has 0 bridgehead atoms. The first kappa shape index (κ1) is 18.3. The molecule has 0 aromatic heterocycles. The normalized spacial score (nSPS) is 11.3. The zero-order chi connectivity index (χ0) is 14.4. The summed E-state index contributed by atoms with van der Waals surface area (Å²) in [6.45, 7) is 6.77. The Bertz CT molecular complexity index is 480. The van der Waals surface area contributed by atoms with Crippen molar-refractivity contribution in [2.75, 3.05) is 13.1 Å². The zero-order valence-corrected chi connectivity index (χ0v) is 12.6. The van der Waals surface area contributed by atoms with E-state index in [-0.39, 0.29) is 29.7 Å². The summed E-state index contributed by atoms with van der Waals surface area (Å²) in [7, 11) is 0. The van der Waals surface area contributed by atoms with Crippen LogP contribution < -0.4 is 10.6 Å². The summed E-state index contributed by atoms with van der Waals surface area (Å²) < 4.78 is 0. The molecule has 0 saturated carbocycles. The van der Waals surface area contributed by atoms with Crippen LogP contribution in [0.2, 0.25) is 0 Å². The van der Waals surface area contributed by atoms with Crippen molar-refractivity contribution in [1.29, 1.82) is 0 Å². The Kier molecular flexibility index (Phi) is 7.79. The summed E-state index contributed by atoms with van der Waals surface area (Å²) >= 11 is 0. The third-order valence-electron chi connectivity index (χ3n) is 2.79. The summed E-state index contributed by atoms with van der Waals surface area (Å²) in [5.41, 5.74) is 0.460. The van der Waals surface area contributed by atoms with Crippen LogP contribution >= 0.6 is 12.4 Å². The summed E-state index contributed by atoms with van der Waals surface area (Å²) in [5, 5.41) is 16.9. The Balaban J connectivity index is 0.00000361. The van der Waals surface area contributed by atoms with Crippen molar-refractivity contribution < 1.29 is 9.72 Å². The van der Waals surface area contributed by atoms with E-state index in [0.29, 0.717) is 12.1 Å². The summed E-state index contributed by atoms with van der Waals surface area (Å²) in [6, 6.07) is 4.86. The van der Waals surface area contributed by atoms with Crippen LogP contribution in [0.3, 0.4) is 0 Å². The second kappa shape index (κ2) is 8.50. The molecule has 0 saturated heterocycles. The molecular formula is C13H20ClN3O3. The van der Waals surface area contributed by atoms with Crippen LogP contribution in [-0.4, -0.2) is 30.0 Å². The van der Waals surface area contributed by atoms with Gasteiger partial charge in [0.2, 0.25) is 0 Å². The molecule has 0 heterocycles. The summed E-state index contributed by atoms with van der Waals surface area (Å²) in [5.74, 6) is -0.417. The topological polar surface area (TPSA) is 84.3 Å². The van der Waals surface area contributed by atoms with Gasteiger partial charge in [0.1, 0.15) is 5.56 Å². The van der Waals surface area contributed by atoms with Crippen LogP contribution in [0.4, 0.5) is 5.69 Å². The van der Waals surface area contributed by atoms with E-state index < -0.39 is 10.8 Å². The quantitative estimate of drug-likeness (QED) is 0.622. The van der Waals surface area contributed by atoms with Gasteiger partial charge in [0.15, 0.2) is 0 Å². The lowest BCUT2D eigenvalue weighted by Crippen LogP contribution is -2.39. The molecule has 112 valence electrons. The fourth-order valence-corrected chi connectivity index (χ4v) is 1.85. The molecular weight excluding hydrogens is 282 g/mol. The van der Waals surface area contributed by atoms with Crippen LogP contribution in [0, 0.1) is 17.0 Å². The molecule has 6 nitrogen and oxygen atoms in total. The average molecular weight is 302 g/mol. The largest absolute Gasteiger partial charge is 0.350 e. The first-order chi connectivity index (χ1) is 8.97. The second-order valence-electron chi connectivity index (χ2n) is 4.40. The van der Waals surface area contributed by atoms with Gasteiger partial charge >= 0.3 is 0 Å². The molecule has 7 heteroatoms. The molecule has 0 aliphatic heterocycles. The molecule has 0 aliphatic rings. The van der Waals surface area contributed by atoms with Gasteiger partial charge in [-0.25, -0.2) is 0 Å². The number of carbonyl (C=O) groups excluding carboxylic acids is 1. The van der Waals surface area contributed by atoms with Crippen molar-refractivity contribution in [2.24, 2.45) is 0 Å². The number of hydrogen-bond donors (Lipinski definition) is 2. The lowest BCUT2D eigenvalue weighted by molar-refractivity contribution is -0.385. The Hall–Kier alpha value is -1.66. The minimum absolute atomic E-state index is 0. The number of nitrogens with one attached hydrogen (secondary N) is 2. The number of para-hydroxylation sites is 1.